The molecule has 2 aliphatic carbocycles. The SMILES string of the molecule is COc1nccc(OCCOc2ncnc(OC)c2-c2cc3cc(NC(=O)C4CC4(F)F)ncc3n2C)c1-c1cc2cc(NC(=O)C3CC3CN3CCNCC3)ncc2n1C. The summed E-state index contributed by atoms with van der Waals surface area (Å²) in [5.41, 5.74) is 4.01. The number of ether oxygens (including phenoxy) is 4. The lowest BCUT2D eigenvalue weighted by Gasteiger charge is -2.27. The third-order valence-corrected chi connectivity index (χ3v) is 11.6. The number of fused-ring (bicyclic) bond motifs is 2. The first-order valence-electron chi connectivity index (χ1n) is 20.0. The molecule has 2 saturated carbocycles. The fourth-order valence-electron chi connectivity index (χ4n) is 8.07. The number of anilines is 2. The second-order valence-corrected chi connectivity index (χ2v) is 15.5. The zero-order chi connectivity index (χ0) is 42.4. The number of rotatable bonds is 15. The normalized spacial score (nSPS) is 19.4. The van der Waals surface area contributed by atoms with Gasteiger partial charge in [0.2, 0.25) is 29.5 Å². The third-order valence-electron chi connectivity index (χ3n) is 11.6. The van der Waals surface area contributed by atoms with Crippen molar-refractivity contribution < 1.29 is 37.3 Å². The van der Waals surface area contributed by atoms with Crippen molar-refractivity contribution in [2.24, 2.45) is 31.8 Å². The molecule has 3 N–H and O–H groups in total. The number of nitrogens with zero attached hydrogens (tertiary/aromatic N) is 8. The van der Waals surface area contributed by atoms with Gasteiger partial charge in [0.05, 0.1) is 49.0 Å². The number of amides is 2. The Morgan fingerprint density at radius 1 is 0.803 bits per heavy atom. The van der Waals surface area contributed by atoms with Gasteiger partial charge < -0.3 is 48.9 Å². The molecule has 7 heterocycles. The topological polar surface area (TPSA) is 185 Å². The number of hydrogen-bond donors (Lipinski definition) is 3. The average Bonchev–Trinajstić information content (AvgIpc) is 4.11. The average molecular weight is 838 g/mol. The molecule has 0 spiro atoms. The first kappa shape index (κ1) is 40.0. The highest BCUT2D eigenvalue weighted by molar-refractivity contribution is 5.98. The van der Waals surface area contributed by atoms with Crippen LogP contribution >= 0.6 is 0 Å². The number of aryl methyl sites for hydroxylation is 2. The molecule has 0 radical (unpaired) electrons. The number of carbonyl (C=O) groups excluding carboxylic acids is 2. The molecule has 6 aromatic heterocycles. The third kappa shape index (κ3) is 7.97. The summed E-state index contributed by atoms with van der Waals surface area (Å²) in [5.74, 6) is -2.75. The molecule has 17 nitrogen and oxygen atoms in total. The number of aromatic nitrogens is 7. The molecule has 3 atom stereocenters. The summed E-state index contributed by atoms with van der Waals surface area (Å²) < 4.78 is 54.7. The van der Waals surface area contributed by atoms with Crippen LogP contribution in [0.3, 0.4) is 0 Å². The molecule has 3 fully saturated rings. The number of alkyl halides is 2. The first-order chi connectivity index (χ1) is 29.5. The quantitative estimate of drug-likeness (QED) is 0.123. The van der Waals surface area contributed by atoms with Crippen molar-refractivity contribution in [3.63, 3.8) is 0 Å². The van der Waals surface area contributed by atoms with Crippen LogP contribution in [0.1, 0.15) is 12.8 Å². The first-order valence-corrected chi connectivity index (χ1v) is 20.0. The van der Waals surface area contributed by atoms with Gasteiger partial charge in [0, 0.05) is 76.1 Å². The zero-order valence-corrected chi connectivity index (χ0v) is 34.1. The van der Waals surface area contributed by atoms with Gasteiger partial charge in [-0.1, -0.05) is 0 Å². The van der Waals surface area contributed by atoms with E-state index >= 15 is 0 Å². The summed E-state index contributed by atoms with van der Waals surface area (Å²) in [5, 5.41) is 10.5. The van der Waals surface area contributed by atoms with Gasteiger partial charge in [-0.15, -0.1) is 0 Å². The summed E-state index contributed by atoms with van der Waals surface area (Å²) in [6.45, 7) is 5.12. The largest absolute Gasteiger partial charge is 0.489 e. The Hall–Kier alpha value is -6.47. The van der Waals surface area contributed by atoms with E-state index in [-0.39, 0.29) is 42.6 Å². The van der Waals surface area contributed by atoms with E-state index in [9.17, 15) is 18.4 Å². The molecule has 6 aromatic rings. The Labute approximate surface area is 348 Å². The van der Waals surface area contributed by atoms with Gasteiger partial charge in [-0.25, -0.2) is 33.7 Å². The van der Waals surface area contributed by atoms with Crippen LogP contribution in [0.5, 0.6) is 23.4 Å². The highest BCUT2D eigenvalue weighted by atomic mass is 19.3. The van der Waals surface area contributed by atoms with Gasteiger partial charge in [0.25, 0.3) is 5.92 Å². The van der Waals surface area contributed by atoms with Gasteiger partial charge in [0.15, 0.2) is 0 Å². The summed E-state index contributed by atoms with van der Waals surface area (Å²) in [6.07, 6.45) is 6.64. The Kier molecular flexibility index (Phi) is 10.6. The standard InChI is InChI=1S/C42H45F2N11O6/c1-53-28(14-23-16-33(47-19-30(23)53)51-37(56)26-13-25(26)21-55-9-7-45-8-10-55)35-32(5-6-46-39(35)58-3)60-11-12-61-41-36(40(59-4)49-22-50-41)29-15-24-17-34(48-20-31(24)54(29)2)52-38(57)27-18-42(27,43)44/h5-6,14-17,19-20,22,25-27,45H,7-13,18,21H2,1-4H3,(H,47,51,56)(H,48,52,57). The predicted molar refractivity (Wildman–Crippen MR) is 221 cm³/mol. The maximum atomic E-state index is 13.5. The van der Waals surface area contributed by atoms with Crippen LogP contribution in [0.15, 0.2) is 55.2 Å². The maximum absolute atomic E-state index is 13.5. The van der Waals surface area contributed by atoms with Crippen molar-refractivity contribution in [2.45, 2.75) is 18.8 Å². The molecular formula is C42H45F2N11O6. The van der Waals surface area contributed by atoms with Gasteiger partial charge in [-0.2, -0.15) is 0 Å². The van der Waals surface area contributed by atoms with Crippen molar-refractivity contribution in [3.8, 4) is 45.9 Å². The molecule has 0 bridgehead atoms. The minimum atomic E-state index is -2.99. The monoisotopic (exact) mass is 837 g/mol. The molecule has 0 aromatic carbocycles. The molecule has 1 aliphatic heterocycles. The Balaban J connectivity index is 0.894. The van der Waals surface area contributed by atoms with E-state index in [1.807, 2.05) is 41.4 Å². The van der Waals surface area contributed by atoms with Crippen LogP contribution in [0.25, 0.3) is 44.3 Å². The number of hydrogen-bond acceptors (Lipinski definition) is 13. The van der Waals surface area contributed by atoms with Crippen LogP contribution in [-0.4, -0.2) is 117 Å². The number of carbonyl (C=O) groups is 2. The molecule has 3 unspecified atom stereocenters. The van der Waals surface area contributed by atoms with Gasteiger partial charge in [-0.3, -0.25) is 9.59 Å². The Morgan fingerprint density at radius 2 is 1.39 bits per heavy atom. The highest BCUT2D eigenvalue weighted by Gasteiger charge is 2.61. The van der Waals surface area contributed by atoms with E-state index in [2.05, 4.69) is 45.8 Å². The van der Waals surface area contributed by atoms with E-state index in [0.717, 1.165) is 55.7 Å². The van der Waals surface area contributed by atoms with E-state index in [4.69, 9.17) is 18.9 Å². The lowest BCUT2D eigenvalue weighted by atomic mass is 10.1. The predicted octanol–water partition coefficient (Wildman–Crippen LogP) is 4.53. The maximum Gasteiger partial charge on any atom is 0.260 e. The molecule has 2 amide bonds. The van der Waals surface area contributed by atoms with Crippen molar-refractivity contribution in [2.75, 3.05) is 70.8 Å². The van der Waals surface area contributed by atoms with E-state index in [1.54, 1.807) is 37.8 Å². The van der Waals surface area contributed by atoms with Crippen molar-refractivity contribution in [1.82, 2.24) is 44.3 Å². The Morgan fingerprint density at radius 3 is 2.03 bits per heavy atom. The van der Waals surface area contributed by atoms with Crippen molar-refractivity contribution in [1.29, 1.82) is 0 Å². The molecule has 3 aliphatic rings. The molecule has 61 heavy (non-hydrogen) atoms. The second-order valence-electron chi connectivity index (χ2n) is 15.5. The minimum Gasteiger partial charge on any atom is -0.489 e. The van der Waals surface area contributed by atoms with Crippen molar-refractivity contribution in [3.05, 3.63) is 55.2 Å². The smallest absolute Gasteiger partial charge is 0.260 e. The van der Waals surface area contributed by atoms with Crippen LogP contribution in [-0.2, 0) is 23.7 Å². The molecule has 318 valence electrons. The van der Waals surface area contributed by atoms with Gasteiger partial charge in [0.1, 0.15) is 54.0 Å². The Bertz CT molecular complexity index is 2650. The summed E-state index contributed by atoms with van der Waals surface area (Å²) in [7, 11) is 6.77. The second kappa shape index (κ2) is 16.2. The number of methoxy groups -OCH3 is 2. The van der Waals surface area contributed by atoms with Gasteiger partial charge in [-0.05, 0) is 42.7 Å². The highest BCUT2D eigenvalue weighted by Crippen LogP contribution is 2.49. The molecule has 1 saturated heterocycles. The van der Waals surface area contributed by atoms with E-state index < -0.39 is 24.2 Å². The lowest BCUT2D eigenvalue weighted by Crippen LogP contribution is -2.44. The fourth-order valence-corrected chi connectivity index (χ4v) is 8.07. The lowest BCUT2D eigenvalue weighted by molar-refractivity contribution is -0.119. The van der Waals surface area contributed by atoms with Crippen LogP contribution < -0.4 is 34.9 Å². The van der Waals surface area contributed by atoms with Crippen LogP contribution in [0.4, 0.5) is 20.4 Å². The minimum absolute atomic E-state index is 0.000238. The van der Waals surface area contributed by atoms with Crippen molar-refractivity contribution >= 4 is 45.3 Å². The molecule has 19 heteroatoms. The van der Waals surface area contributed by atoms with Gasteiger partial charge >= 0.3 is 0 Å². The summed E-state index contributed by atoms with van der Waals surface area (Å²) in [4.78, 5) is 50.0. The molecular weight excluding hydrogens is 793 g/mol. The summed E-state index contributed by atoms with van der Waals surface area (Å²) in [6, 6.07) is 9.05. The number of halogens is 2. The molecule has 9 rings (SSSR count). The fraction of sp³-hybridized carbons (Fsp3) is 0.405. The van der Waals surface area contributed by atoms with E-state index in [0.29, 0.717) is 51.1 Å². The number of nitrogens with one attached hydrogen (secondary N) is 3. The number of pyridine rings is 3. The van der Waals surface area contributed by atoms with E-state index in [1.165, 1.54) is 13.4 Å². The van der Waals surface area contributed by atoms with Crippen LogP contribution in [0.2, 0.25) is 0 Å². The number of piperazine rings is 1. The zero-order valence-electron chi connectivity index (χ0n) is 34.1. The summed E-state index contributed by atoms with van der Waals surface area (Å²) >= 11 is 0. The van der Waals surface area contributed by atoms with Crippen LogP contribution in [0, 0.1) is 17.8 Å².